The normalized spacial score (nSPS) is 22.1. The van der Waals surface area contributed by atoms with Gasteiger partial charge in [0.25, 0.3) is 0 Å². The van der Waals surface area contributed by atoms with E-state index in [9.17, 15) is 4.39 Å². The molecule has 0 spiro atoms. The molecule has 1 aromatic carbocycles. The number of likely N-dealkylation sites (tertiary alicyclic amines) is 1. The van der Waals surface area contributed by atoms with Crippen LogP contribution in [0, 0.1) is 11.7 Å². The van der Waals surface area contributed by atoms with Crippen molar-refractivity contribution in [2.24, 2.45) is 5.92 Å². The van der Waals surface area contributed by atoms with Crippen LogP contribution in [-0.4, -0.2) is 18.0 Å². The zero-order valence-electron chi connectivity index (χ0n) is 9.04. The summed E-state index contributed by atoms with van der Waals surface area (Å²) in [5.74, 6) is 0.535. The summed E-state index contributed by atoms with van der Waals surface area (Å²) in [6, 6.07) is 4.89. The van der Waals surface area contributed by atoms with Crippen LogP contribution in [0.25, 0.3) is 0 Å². The zero-order chi connectivity index (χ0) is 10.8. The van der Waals surface area contributed by atoms with Crippen molar-refractivity contribution in [3.63, 3.8) is 0 Å². The average molecular weight is 208 g/mol. The number of hydrogen-bond acceptors (Lipinski definition) is 2. The first kappa shape index (κ1) is 10.4. The third-order valence-electron chi connectivity index (χ3n) is 3.04. The fourth-order valence-corrected chi connectivity index (χ4v) is 2.14. The molecule has 0 amide bonds. The lowest BCUT2D eigenvalue weighted by Crippen LogP contribution is -2.21. The average Bonchev–Trinajstić information content (AvgIpc) is 2.58. The Hall–Kier alpha value is -1.09. The first-order valence-electron chi connectivity index (χ1n) is 5.42. The Morgan fingerprint density at radius 3 is 2.93 bits per heavy atom. The van der Waals surface area contributed by atoms with E-state index in [1.165, 1.54) is 12.5 Å². The highest BCUT2D eigenvalue weighted by Gasteiger charge is 2.20. The maximum atomic E-state index is 13.5. The standard InChI is InChI=1S/C12H17FN2/c1-9-5-6-15(7-9)8-10-11(13)3-2-4-12(10)14/h2-4,9H,5-8,14H2,1H3. The lowest BCUT2D eigenvalue weighted by Gasteiger charge is -2.17. The lowest BCUT2D eigenvalue weighted by atomic mass is 10.1. The molecule has 0 radical (unpaired) electrons. The number of nitrogens with zero attached hydrogens (tertiary/aromatic N) is 1. The van der Waals surface area contributed by atoms with E-state index in [4.69, 9.17) is 5.73 Å². The fourth-order valence-electron chi connectivity index (χ4n) is 2.14. The van der Waals surface area contributed by atoms with Gasteiger partial charge in [-0.25, -0.2) is 4.39 Å². The van der Waals surface area contributed by atoms with Gasteiger partial charge in [0, 0.05) is 24.3 Å². The largest absolute Gasteiger partial charge is 0.398 e. The van der Waals surface area contributed by atoms with Gasteiger partial charge in [0.1, 0.15) is 5.82 Å². The van der Waals surface area contributed by atoms with E-state index >= 15 is 0 Å². The Morgan fingerprint density at radius 1 is 1.53 bits per heavy atom. The monoisotopic (exact) mass is 208 g/mol. The van der Waals surface area contributed by atoms with Crippen LogP contribution in [0.2, 0.25) is 0 Å². The second-order valence-electron chi connectivity index (χ2n) is 4.44. The van der Waals surface area contributed by atoms with E-state index in [0.29, 0.717) is 17.8 Å². The number of nitrogens with two attached hydrogens (primary N) is 1. The minimum absolute atomic E-state index is 0.186. The minimum atomic E-state index is -0.186. The summed E-state index contributed by atoms with van der Waals surface area (Å²) in [5, 5.41) is 0. The van der Waals surface area contributed by atoms with E-state index in [1.807, 2.05) is 0 Å². The molecular weight excluding hydrogens is 191 g/mol. The van der Waals surface area contributed by atoms with E-state index in [0.717, 1.165) is 19.0 Å². The predicted molar refractivity (Wildman–Crippen MR) is 59.9 cm³/mol. The van der Waals surface area contributed by atoms with Crippen LogP contribution < -0.4 is 5.73 Å². The second-order valence-corrected chi connectivity index (χ2v) is 4.44. The van der Waals surface area contributed by atoms with Gasteiger partial charge in [-0.2, -0.15) is 0 Å². The van der Waals surface area contributed by atoms with Crippen molar-refractivity contribution < 1.29 is 4.39 Å². The summed E-state index contributed by atoms with van der Waals surface area (Å²) < 4.78 is 13.5. The molecular formula is C12H17FN2. The summed E-state index contributed by atoms with van der Waals surface area (Å²) >= 11 is 0. The zero-order valence-corrected chi connectivity index (χ0v) is 9.04. The van der Waals surface area contributed by atoms with Gasteiger partial charge < -0.3 is 5.73 Å². The molecule has 2 rings (SSSR count). The molecule has 1 fully saturated rings. The summed E-state index contributed by atoms with van der Waals surface area (Å²) in [6.45, 7) is 4.97. The first-order valence-corrected chi connectivity index (χ1v) is 5.42. The third-order valence-corrected chi connectivity index (χ3v) is 3.04. The highest BCUT2D eigenvalue weighted by atomic mass is 19.1. The molecule has 2 nitrogen and oxygen atoms in total. The van der Waals surface area contributed by atoms with Crippen molar-refractivity contribution >= 4 is 5.69 Å². The maximum absolute atomic E-state index is 13.5. The van der Waals surface area contributed by atoms with Crippen molar-refractivity contribution in [3.8, 4) is 0 Å². The van der Waals surface area contributed by atoms with Crippen molar-refractivity contribution in [1.82, 2.24) is 4.90 Å². The number of rotatable bonds is 2. The number of hydrogen-bond donors (Lipinski definition) is 1. The highest BCUT2D eigenvalue weighted by Crippen LogP contribution is 2.22. The Kier molecular flexibility index (Phi) is 2.91. The van der Waals surface area contributed by atoms with Crippen LogP contribution in [0.3, 0.4) is 0 Å². The van der Waals surface area contributed by atoms with E-state index in [1.54, 1.807) is 12.1 Å². The number of anilines is 1. The molecule has 1 unspecified atom stereocenters. The van der Waals surface area contributed by atoms with Crippen LogP contribution in [0.15, 0.2) is 18.2 Å². The van der Waals surface area contributed by atoms with Gasteiger partial charge >= 0.3 is 0 Å². The van der Waals surface area contributed by atoms with E-state index < -0.39 is 0 Å². The number of benzene rings is 1. The molecule has 0 aliphatic carbocycles. The predicted octanol–water partition coefficient (Wildman–Crippen LogP) is 2.25. The fraction of sp³-hybridized carbons (Fsp3) is 0.500. The van der Waals surface area contributed by atoms with Gasteiger partial charge in [-0.3, -0.25) is 4.90 Å². The molecule has 1 atom stereocenters. The second kappa shape index (κ2) is 4.19. The highest BCUT2D eigenvalue weighted by molar-refractivity contribution is 5.47. The summed E-state index contributed by atoms with van der Waals surface area (Å²) in [5.41, 5.74) is 6.98. The van der Waals surface area contributed by atoms with Gasteiger partial charge in [-0.05, 0) is 31.0 Å². The van der Waals surface area contributed by atoms with Crippen LogP contribution in [0.1, 0.15) is 18.9 Å². The van der Waals surface area contributed by atoms with Crippen molar-refractivity contribution in [2.75, 3.05) is 18.8 Å². The SMILES string of the molecule is CC1CCN(Cc2c(N)cccc2F)C1. The molecule has 3 heteroatoms. The molecule has 1 aliphatic heterocycles. The quantitative estimate of drug-likeness (QED) is 0.755. The topological polar surface area (TPSA) is 29.3 Å². The first-order chi connectivity index (χ1) is 7.16. The molecule has 0 aromatic heterocycles. The Bertz CT molecular complexity index is 331. The number of halogens is 1. The van der Waals surface area contributed by atoms with E-state index in [-0.39, 0.29) is 5.82 Å². The van der Waals surface area contributed by atoms with E-state index in [2.05, 4.69) is 11.8 Å². The molecule has 1 aliphatic rings. The summed E-state index contributed by atoms with van der Waals surface area (Å²) in [4.78, 5) is 2.26. The van der Waals surface area contributed by atoms with Crippen LogP contribution in [-0.2, 0) is 6.54 Å². The molecule has 15 heavy (non-hydrogen) atoms. The molecule has 0 saturated carbocycles. The molecule has 1 heterocycles. The smallest absolute Gasteiger partial charge is 0.129 e. The molecule has 82 valence electrons. The van der Waals surface area contributed by atoms with Gasteiger partial charge in [0.05, 0.1) is 0 Å². The minimum Gasteiger partial charge on any atom is -0.398 e. The van der Waals surface area contributed by atoms with Crippen LogP contribution in [0.5, 0.6) is 0 Å². The Labute approximate surface area is 89.9 Å². The third kappa shape index (κ3) is 2.29. The molecule has 0 bridgehead atoms. The lowest BCUT2D eigenvalue weighted by molar-refractivity contribution is 0.315. The number of nitrogen functional groups attached to an aromatic ring is 1. The van der Waals surface area contributed by atoms with Gasteiger partial charge in [0.2, 0.25) is 0 Å². The van der Waals surface area contributed by atoms with Crippen LogP contribution >= 0.6 is 0 Å². The molecule has 2 N–H and O–H groups in total. The van der Waals surface area contributed by atoms with Gasteiger partial charge in [0.15, 0.2) is 0 Å². The van der Waals surface area contributed by atoms with Crippen molar-refractivity contribution in [3.05, 3.63) is 29.6 Å². The van der Waals surface area contributed by atoms with Crippen LogP contribution in [0.4, 0.5) is 10.1 Å². The molecule has 1 saturated heterocycles. The van der Waals surface area contributed by atoms with Crippen molar-refractivity contribution in [1.29, 1.82) is 0 Å². The molecule has 1 aromatic rings. The van der Waals surface area contributed by atoms with Gasteiger partial charge in [-0.1, -0.05) is 13.0 Å². The van der Waals surface area contributed by atoms with Crippen molar-refractivity contribution in [2.45, 2.75) is 19.9 Å². The Morgan fingerprint density at radius 2 is 2.33 bits per heavy atom. The summed E-state index contributed by atoms with van der Waals surface area (Å²) in [7, 11) is 0. The Balaban J connectivity index is 2.10. The maximum Gasteiger partial charge on any atom is 0.129 e. The van der Waals surface area contributed by atoms with Gasteiger partial charge in [-0.15, -0.1) is 0 Å². The summed E-state index contributed by atoms with van der Waals surface area (Å²) in [6.07, 6.45) is 1.20.